The number of alkyl halides is 1. The van der Waals surface area contributed by atoms with Crippen molar-refractivity contribution in [2.45, 2.75) is 31.1 Å². The number of nitrogens with zero attached hydrogens (tertiary/aromatic N) is 2. The number of rotatable bonds is 3. The smallest absolute Gasteiger partial charge is 0.283 e. The summed E-state index contributed by atoms with van der Waals surface area (Å²) < 4.78 is 39.6. The van der Waals surface area contributed by atoms with Gasteiger partial charge in [0.15, 0.2) is 0 Å². The minimum absolute atomic E-state index is 0.0919. The zero-order chi connectivity index (χ0) is 17.5. The lowest BCUT2D eigenvalue weighted by Crippen LogP contribution is -2.55. The van der Waals surface area contributed by atoms with Crippen LogP contribution in [-0.4, -0.2) is 36.4 Å². The molecule has 4 atom stereocenters. The second-order valence-corrected chi connectivity index (χ2v) is 6.07. The molecule has 0 aliphatic carbocycles. The first-order valence-corrected chi connectivity index (χ1v) is 7.51. The zero-order valence-corrected chi connectivity index (χ0v) is 12.9. The Hall–Kier alpha value is -2.29. The minimum atomic E-state index is -1.71. The number of amidine groups is 1. The fourth-order valence-corrected chi connectivity index (χ4v) is 3.39. The molecule has 1 aromatic rings. The van der Waals surface area contributed by atoms with Gasteiger partial charge in [-0.3, -0.25) is 10.1 Å². The number of nitro groups is 1. The molecule has 0 unspecified atom stereocenters. The van der Waals surface area contributed by atoms with E-state index in [-0.39, 0.29) is 30.0 Å². The highest BCUT2D eigenvalue weighted by molar-refractivity contribution is 5.73. The van der Waals surface area contributed by atoms with Gasteiger partial charge in [-0.1, -0.05) is 0 Å². The van der Waals surface area contributed by atoms with Crippen LogP contribution >= 0.6 is 0 Å². The molecule has 9 heteroatoms. The Bertz CT molecular complexity index is 699. The van der Waals surface area contributed by atoms with Gasteiger partial charge < -0.3 is 15.2 Å². The van der Waals surface area contributed by atoms with Crippen LogP contribution in [0, 0.1) is 21.8 Å². The van der Waals surface area contributed by atoms with E-state index < -0.39 is 35.0 Å². The van der Waals surface area contributed by atoms with E-state index in [9.17, 15) is 18.9 Å². The third-order valence-electron chi connectivity index (χ3n) is 4.60. The quantitative estimate of drug-likeness (QED) is 0.670. The molecule has 2 aliphatic heterocycles. The minimum Gasteiger partial charge on any atom is -0.462 e. The number of non-ortho nitro benzene ring substituents is 1. The van der Waals surface area contributed by atoms with Crippen molar-refractivity contribution < 1.29 is 23.2 Å². The summed E-state index contributed by atoms with van der Waals surface area (Å²) in [5.74, 6) is -1.42. The van der Waals surface area contributed by atoms with Crippen molar-refractivity contribution in [3.63, 3.8) is 0 Å². The van der Waals surface area contributed by atoms with E-state index in [1.54, 1.807) is 0 Å². The maximum atomic E-state index is 14.4. The largest absolute Gasteiger partial charge is 0.462 e. The molecule has 0 spiro atoms. The molecule has 0 aromatic heterocycles. The summed E-state index contributed by atoms with van der Waals surface area (Å²) in [5, 5.41) is 11.0. The van der Waals surface area contributed by atoms with E-state index >= 15 is 0 Å². The third kappa shape index (κ3) is 2.58. The van der Waals surface area contributed by atoms with E-state index in [0.29, 0.717) is 6.42 Å². The monoisotopic (exact) mass is 341 g/mol. The zero-order valence-electron chi connectivity index (χ0n) is 12.9. The maximum Gasteiger partial charge on any atom is 0.283 e. The Labute approximate surface area is 136 Å². The molecule has 0 saturated carbocycles. The van der Waals surface area contributed by atoms with Crippen molar-refractivity contribution in [1.82, 2.24) is 0 Å². The Balaban J connectivity index is 2.15. The van der Waals surface area contributed by atoms with Gasteiger partial charge in [0, 0.05) is 24.1 Å². The van der Waals surface area contributed by atoms with Gasteiger partial charge in [0.05, 0.1) is 23.6 Å². The Kier molecular flexibility index (Phi) is 4.12. The Morgan fingerprint density at radius 1 is 1.54 bits per heavy atom. The number of ether oxygens (including phenoxy) is 2. The molecule has 1 aromatic carbocycles. The predicted molar refractivity (Wildman–Crippen MR) is 80.7 cm³/mol. The molecule has 7 nitrogen and oxygen atoms in total. The van der Waals surface area contributed by atoms with Crippen LogP contribution in [0.5, 0.6) is 0 Å². The van der Waals surface area contributed by atoms with Crippen LogP contribution in [0.1, 0.15) is 18.9 Å². The molecule has 1 fully saturated rings. The average Bonchev–Trinajstić information content (AvgIpc) is 2.53. The lowest BCUT2D eigenvalue weighted by Gasteiger charge is -2.46. The van der Waals surface area contributed by atoms with E-state index in [2.05, 4.69) is 4.99 Å². The average molecular weight is 341 g/mol. The first-order chi connectivity index (χ1) is 11.4. The molecule has 130 valence electrons. The number of nitro benzene ring substituents is 1. The number of nitrogens with two attached hydrogens (primary N) is 1. The first-order valence-electron chi connectivity index (χ1n) is 7.51. The van der Waals surface area contributed by atoms with E-state index in [1.165, 1.54) is 0 Å². The summed E-state index contributed by atoms with van der Waals surface area (Å²) in [4.78, 5) is 14.4. The fraction of sp³-hybridized carbons (Fsp3) is 0.533. The summed E-state index contributed by atoms with van der Waals surface area (Å²) >= 11 is 0. The summed E-state index contributed by atoms with van der Waals surface area (Å²) in [6.45, 7) is 0.856. The molecule has 1 saturated heterocycles. The summed E-state index contributed by atoms with van der Waals surface area (Å²) in [5.41, 5.74) is 3.43. The summed E-state index contributed by atoms with van der Waals surface area (Å²) in [6.07, 6.45) is -0.177. The highest BCUT2D eigenvalue weighted by atomic mass is 19.1. The lowest BCUT2D eigenvalue weighted by molar-refractivity contribution is -0.385. The standard InChI is InChI=1S/C15H17F2N3O4/c1-8-4-13-11(6-23-8)15(7-16,19-14(18)24-13)10-5-9(20(21)22)2-3-12(10)17/h2-3,5,8,11,13H,4,6-7H2,1H3,(H2,18,19)/t8-,11+,13-,15-/m1/s1. The van der Waals surface area contributed by atoms with Crippen molar-refractivity contribution in [3.8, 4) is 0 Å². The van der Waals surface area contributed by atoms with Gasteiger partial charge in [-0.2, -0.15) is 0 Å². The molecule has 0 amide bonds. The van der Waals surface area contributed by atoms with Gasteiger partial charge in [-0.05, 0) is 13.0 Å². The SMILES string of the molecule is C[C@@H]1C[C@H]2OC(N)=N[C@](CF)(c3cc([N+](=O)[O-])ccc3F)[C@H]2CO1. The Morgan fingerprint density at radius 2 is 2.29 bits per heavy atom. The summed E-state index contributed by atoms with van der Waals surface area (Å²) in [6, 6.07) is 2.71. The van der Waals surface area contributed by atoms with E-state index in [1.807, 2.05) is 6.92 Å². The molecular formula is C15H17F2N3O4. The van der Waals surface area contributed by atoms with Crippen LogP contribution in [0.3, 0.4) is 0 Å². The van der Waals surface area contributed by atoms with Gasteiger partial charge in [0.2, 0.25) is 0 Å². The van der Waals surface area contributed by atoms with Crippen LogP contribution in [0.15, 0.2) is 23.2 Å². The number of benzene rings is 1. The normalized spacial score (nSPS) is 32.5. The molecule has 2 N–H and O–H groups in total. The lowest BCUT2D eigenvalue weighted by atomic mass is 9.73. The maximum absolute atomic E-state index is 14.4. The van der Waals surface area contributed by atoms with Crippen molar-refractivity contribution >= 4 is 11.7 Å². The second-order valence-electron chi connectivity index (χ2n) is 6.07. The Morgan fingerprint density at radius 3 is 2.96 bits per heavy atom. The first kappa shape index (κ1) is 16.6. The highest BCUT2D eigenvalue weighted by Crippen LogP contribution is 2.45. The van der Waals surface area contributed by atoms with Crippen molar-refractivity contribution in [2.24, 2.45) is 16.6 Å². The third-order valence-corrected chi connectivity index (χ3v) is 4.60. The number of hydrogen-bond donors (Lipinski definition) is 1. The van der Waals surface area contributed by atoms with Crippen LogP contribution in [-0.2, 0) is 15.0 Å². The summed E-state index contributed by atoms with van der Waals surface area (Å²) in [7, 11) is 0. The van der Waals surface area contributed by atoms with Crippen LogP contribution in [0.2, 0.25) is 0 Å². The molecule has 24 heavy (non-hydrogen) atoms. The number of fused-ring (bicyclic) bond motifs is 1. The van der Waals surface area contributed by atoms with Crippen LogP contribution < -0.4 is 5.73 Å². The number of aliphatic imine (C=N–C) groups is 1. The van der Waals surface area contributed by atoms with Crippen molar-refractivity contribution in [1.29, 1.82) is 0 Å². The van der Waals surface area contributed by atoms with Crippen molar-refractivity contribution in [2.75, 3.05) is 13.3 Å². The van der Waals surface area contributed by atoms with Gasteiger partial charge >= 0.3 is 0 Å². The van der Waals surface area contributed by atoms with Gasteiger partial charge in [0.25, 0.3) is 11.7 Å². The molecule has 2 heterocycles. The molecule has 2 aliphatic rings. The highest BCUT2D eigenvalue weighted by Gasteiger charge is 2.53. The van der Waals surface area contributed by atoms with Gasteiger partial charge in [-0.15, -0.1) is 0 Å². The van der Waals surface area contributed by atoms with E-state index in [4.69, 9.17) is 15.2 Å². The molecule has 3 rings (SSSR count). The molecular weight excluding hydrogens is 324 g/mol. The predicted octanol–water partition coefficient (Wildman–Crippen LogP) is 2.04. The topological polar surface area (TPSA) is 100.0 Å². The van der Waals surface area contributed by atoms with E-state index in [0.717, 1.165) is 18.2 Å². The fourth-order valence-electron chi connectivity index (χ4n) is 3.39. The second kappa shape index (κ2) is 5.97. The van der Waals surface area contributed by atoms with Crippen LogP contribution in [0.25, 0.3) is 0 Å². The number of halogens is 2. The number of hydrogen-bond acceptors (Lipinski definition) is 6. The van der Waals surface area contributed by atoms with Crippen molar-refractivity contribution in [3.05, 3.63) is 39.7 Å². The molecule has 0 bridgehead atoms. The van der Waals surface area contributed by atoms with Crippen LogP contribution in [0.4, 0.5) is 14.5 Å². The van der Waals surface area contributed by atoms with Gasteiger partial charge in [-0.25, -0.2) is 13.8 Å². The van der Waals surface area contributed by atoms with Gasteiger partial charge in [0.1, 0.15) is 24.1 Å². The molecule has 0 radical (unpaired) electrons.